The Morgan fingerprint density at radius 2 is 2.15 bits per heavy atom. The number of imide groups is 1. The SMILES string of the molecule is O=Cc1cccc2cnc(N3CCC(=O)NC3=O)cc12. The summed E-state index contributed by atoms with van der Waals surface area (Å²) in [4.78, 5) is 39.6. The summed E-state index contributed by atoms with van der Waals surface area (Å²) < 4.78 is 0. The zero-order valence-electron chi connectivity index (χ0n) is 10.5. The number of aldehydes is 1. The number of anilines is 1. The molecule has 0 bridgehead atoms. The molecule has 2 aromatic rings. The van der Waals surface area contributed by atoms with Gasteiger partial charge in [-0.25, -0.2) is 9.78 Å². The van der Waals surface area contributed by atoms with E-state index in [0.29, 0.717) is 11.4 Å². The van der Waals surface area contributed by atoms with Crippen LogP contribution in [0.15, 0.2) is 30.5 Å². The van der Waals surface area contributed by atoms with Crippen LogP contribution in [0.2, 0.25) is 0 Å². The lowest BCUT2D eigenvalue weighted by atomic mass is 10.1. The average molecular weight is 269 g/mol. The Bertz CT molecular complexity index is 727. The van der Waals surface area contributed by atoms with Crippen LogP contribution in [0.25, 0.3) is 10.8 Å². The van der Waals surface area contributed by atoms with Gasteiger partial charge in [0.25, 0.3) is 0 Å². The summed E-state index contributed by atoms with van der Waals surface area (Å²) in [5, 5.41) is 3.80. The van der Waals surface area contributed by atoms with Crippen molar-refractivity contribution in [2.45, 2.75) is 6.42 Å². The van der Waals surface area contributed by atoms with Crippen molar-refractivity contribution in [2.24, 2.45) is 0 Å². The molecule has 6 nitrogen and oxygen atoms in total. The second kappa shape index (κ2) is 4.73. The number of hydrogen-bond donors (Lipinski definition) is 1. The minimum atomic E-state index is -0.489. The molecule has 0 atom stereocenters. The molecule has 3 amide bonds. The second-order valence-electron chi connectivity index (χ2n) is 4.48. The van der Waals surface area contributed by atoms with E-state index >= 15 is 0 Å². The average Bonchev–Trinajstić information content (AvgIpc) is 2.46. The van der Waals surface area contributed by atoms with Crippen LogP contribution in [0.1, 0.15) is 16.8 Å². The van der Waals surface area contributed by atoms with E-state index in [1.54, 1.807) is 24.4 Å². The van der Waals surface area contributed by atoms with Crippen molar-refractivity contribution in [3.63, 3.8) is 0 Å². The summed E-state index contributed by atoms with van der Waals surface area (Å²) in [5.74, 6) is 0.136. The highest BCUT2D eigenvalue weighted by atomic mass is 16.2. The predicted molar refractivity (Wildman–Crippen MR) is 72.6 cm³/mol. The summed E-state index contributed by atoms with van der Waals surface area (Å²) in [6, 6.07) is 6.53. The Hall–Kier alpha value is -2.76. The van der Waals surface area contributed by atoms with Gasteiger partial charge in [0.2, 0.25) is 5.91 Å². The number of nitrogens with one attached hydrogen (secondary N) is 1. The van der Waals surface area contributed by atoms with Gasteiger partial charge >= 0.3 is 6.03 Å². The smallest absolute Gasteiger partial charge is 0.298 e. The summed E-state index contributed by atoms with van der Waals surface area (Å²) in [7, 11) is 0. The van der Waals surface area contributed by atoms with Crippen molar-refractivity contribution in [3.05, 3.63) is 36.0 Å². The van der Waals surface area contributed by atoms with Crippen LogP contribution in [0.5, 0.6) is 0 Å². The third-order valence-corrected chi connectivity index (χ3v) is 3.24. The van der Waals surface area contributed by atoms with Gasteiger partial charge in [-0.3, -0.25) is 19.8 Å². The van der Waals surface area contributed by atoms with Crippen molar-refractivity contribution < 1.29 is 14.4 Å². The van der Waals surface area contributed by atoms with Gasteiger partial charge in [-0.05, 0) is 11.5 Å². The Labute approximate surface area is 114 Å². The number of benzene rings is 1. The van der Waals surface area contributed by atoms with Crippen LogP contribution in [0.4, 0.5) is 10.6 Å². The Morgan fingerprint density at radius 3 is 2.90 bits per heavy atom. The number of fused-ring (bicyclic) bond motifs is 1. The lowest BCUT2D eigenvalue weighted by Crippen LogP contribution is -2.49. The van der Waals surface area contributed by atoms with E-state index in [9.17, 15) is 14.4 Å². The zero-order chi connectivity index (χ0) is 14.1. The maximum Gasteiger partial charge on any atom is 0.329 e. The lowest BCUT2D eigenvalue weighted by Gasteiger charge is -2.25. The Balaban J connectivity index is 2.06. The molecule has 1 saturated heterocycles. The molecule has 0 aliphatic carbocycles. The first-order chi connectivity index (χ1) is 9.69. The minimum Gasteiger partial charge on any atom is -0.298 e. The highest BCUT2D eigenvalue weighted by Crippen LogP contribution is 2.23. The van der Waals surface area contributed by atoms with Crippen LogP contribution in [-0.2, 0) is 4.79 Å². The number of nitrogens with zero attached hydrogens (tertiary/aromatic N) is 2. The molecule has 1 aromatic carbocycles. The number of pyridine rings is 1. The van der Waals surface area contributed by atoms with Crippen molar-refractivity contribution in [3.8, 4) is 0 Å². The molecule has 0 saturated carbocycles. The van der Waals surface area contributed by atoms with Gasteiger partial charge in [0, 0.05) is 30.1 Å². The highest BCUT2D eigenvalue weighted by Gasteiger charge is 2.25. The predicted octanol–water partition coefficient (Wildman–Crippen LogP) is 1.49. The fourth-order valence-electron chi connectivity index (χ4n) is 2.22. The molecule has 2 heterocycles. The number of aromatic nitrogens is 1. The van der Waals surface area contributed by atoms with Crippen LogP contribution < -0.4 is 10.2 Å². The topological polar surface area (TPSA) is 79.4 Å². The summed E-state index contributed by atoms with van der Waals surface area (Å²) in [6.45, 7) is 0.284. The number of carbonyl (C=O) groups is 3. The number of hydrogen-bond acceptors (Lipinski definition) is 4. The quantitative estimate of drug-likeness (QED) is 0.838. The molecular weight excluding hydrogens is 258 g/mol. The molecule has 1 aliphatic rings. The molecule has 3 rings (SSSR count). The fourth-order valence-corrected chi connectivity index (χ4v) is 2.22. The molecule has 0 radical (unpaired) electrons. The Kier molecular flexibility index (Phi) is 2.90. The second-order valence-corrected chi connectivity index (χ2v) is 4.48. The standard InChI is InChI=1S/C14H11N3O3/c18-8-10-3-1-2-9-7-15-12(6-11(9)10)17-5-4-13(19)16-14(17)20/h1-3,6-8H,4-5H2,(H,16,19,20). The number of carbonyl (C=O) groups excluding carboxylic acids is 3. The van der Waals surface area contributed by atoms with Crippen molar-refractivity contribution in [2.75, 3.05) is 11.4 Å². The monoisotopic (exact) mass is 269 g/mol. The lowest BCUT2D eigenvalue weighted by molar-refractivity contribution is -0.120. The zero-order valence-corrected chi connectivity index (χ0v) is 10.5. The summed E-state index contributed by atoms with van der Waals surface area (Å²) in [5.41, 5.74) is 0.541. The molecular formula is C14H11N3O3. The normalized spacial score (nSPS) is 15.3. The van der Waals surface area contributed by atoms with Gasteiger partial charge in [-0.1, -0.05) is 18.2 Å². The van der Waals surface area contributed by atoms with Crippen LogP contribution in [-0.4, -0.2) is 29.8 Å². The van der Waals surface area contributed by atoms with Gasteiger partial charge in [-0.2, -0.15) is 0 Å². The molecule has 1 aromatic heterocycles. The van der Waals surface area contributed by atoms with E-state index in [1.807, 2.05) is 6.07 Å². The molecule has 0 unspecified atom stereocenters. The summed E-state index contributed by atoms with van der Waals surface area (Å²) in [6.07, 6.45) is 2.62. The van der Waals surface area contributed by atoms with Crippen LogP contribution in [0, 0.1) is 0 Å². The number of amides is 3. The van der Waals surface area contributed by atoms with Crippen LogP contribution >= 0.6 is 0 Å². The summed E-state index contributed by atoms with van der Waals surface area (Å²) >= 11 is 0. The molecule has 100 valence electrons. The third-order valence-electron chi connectivity index (χ3n) is 3.24. The minimum absolute atomic E-state index is 0.237. The van der Waals surface area contributed by atoms with E-state index in [0.717, 1.165) is 17.1 Å². The van der Waals surface area contributed by atoms with E-state index in [2.05, 4.69) is 10.3 Å². The van der Waals surface area contributed by atoms with E-state index in [-0.39, 0.29) is 18.9 Å². The molecule has 1 aliphatic heterocycles. The first-order valence-corrected chi connectivity index (χ1v) is 6.14. The molecule has 20 heavy (non-hydrogen) atoms. The van der Waals surface area contributed by atoms with Crippen LogP contribution in [0.3, 0.4) is 0 Å². The largest absolute Gasteiger partial charge is 0.329 e. The van der Waals surface area contributed by atoms with E-state index in [1.165, 1.54) is 4.90 Å². The third kappa shape index (κ3) is 2.01. The van der Waals surface area contributed by atoms with E-state index < -0.39 is 6.03 Å². The molecule has 6 heteroatoms. The molecule has 0 spiro atoms. The van der Waals surface area contributed by atoms with Gasteiger partial charge in [0.15, 0.2) is 6.29 Å². The van der Waals surface area contributed by atoms with Gasteiger partial charge in [0.1, 0.15) is 5.82 Å². The maximum atomic E-state index is 11.8. The first kappa shape index (κ1) is 12.3. The van der Waals surface area contributed by atoms with Crippen molar-refractivity contribution in [1.29, 1.82) is 0 Å². The fraction of sp³-hybridized carbons (Fsp3) is 0.143. The van der Waals surface area contributed by atoms with Crippen molar-refractivity contribution >= 4 is 34.8 Å². The molecule has 1 fully saturated rings. The number of urea groups is 1. The first-order valence-electron chi connectivity index (χ1n) is 6.14. The van der Waals surface area contributed by atoms with E-state index in [4.69, 9.17) is 0 Å². The molecule has 1 N–H and O–H groups in total. The van der Waals surface area contributed by atoms with Gasteiger partial charge in [0.05, 0.1) is 0 Å². The highest BCUT2D eigenvalue weighted by molar-refractivity contribution is 6.06. The Morgan fingerprint density at radius 1 is 1.30 bits per heavy atom. The van der Waals surface area contributed by atoms with Gasteiger partial charge < -0.3 is 0 Å². The number of rotatable bonds is 2. The van der Waals surface area contributed by atoms with Gasteiger partial charge in [-0.15, -0.1) is 0 Å². The van der Waals surface area contributed by atoms with Crippen molar-refractivity contribution in [1.82, 2.24) is 10.3 Å². The maximum absolute atomic E-state index is 11.8.